The van der Waals surface area contributed by atoms with Crippen LogP contribution < -0.4 is 16.0 Å². The van der Waals surface area contributed by atoms with E-state index < -0.39 is 29.9 Å². The summed E-state index contributed by atoms with van der Waals surface area (Å²) in [7, 11) is 0. The third-order valence-corrected chi connectivity index (χ3v) is 3.39. The Morgan fingerprint density at radius 2 is 2.05 bits per heavy atom. The predicted molar refractivity (Wildman–Crippen MR) is 71.4 cm³/mol. The fraction of sp³-hybridized carbons (Fsp3) is 0.308. The highest BCUT2D eigenvalue weighted by Gasteiger charge is 2.37. The van der Waals surface area contributed by atoms with Crippen molar-refractivity contribution in [2.75, 3.05) is 11.4 Å². The van der Waals surface area contributed by atoms with Gasteiger partial charge in [0.05, 0.1) is 0 Å². The second kappa shape index (κ2) is 5.20. The van der Waals surface area contributed by atoms with Crippen molar-refractivity contribution in [2.24, 2.45) is 5.73 Å². The molecule has 0 saturated heterocycles. The molecule has 7 nitrogen and oxygen atoms in total. The number of hydrogen-bond donors (Lipinski definition) is 3. The number of carboxylic acid groups (broad SMARTS) is 1. The topological polar surface area (TPSA) is 113 Å². The van der Waals surface area contributed by atoms with Gasteiger partial charge in [-0.3, -0.25) is 14.9 Å². The minimum Gasteiger partial charge on any atom is -0.481 e. The Labute approximate surface area is 115 Å². The first-order valence-electron chi connectivity index (χ1n) is 6.10. The highest BCUT2D eigenvalue weighted by Crippen LogP contribution is 2.37. The predicted octanol–water partition coefficient (Wildman–Crippen LogP) is 0.258. The van der Waals surface area contributed by atoms with Crippen molar-refractivity contribution in [3.63, 3.8) is 0 Å². The quantitative estimate of drug-likeness (QED) is 0.733. The lowest BCUT2D eigenvalue weighted by molar-refractivity contribution is -0.138. The van der Waals surface area contributed by atoms with E-state index in [-0.39, 0.29) is 6.54 Å². The second-order valence-electron chi connectivity index (χ2n) is 4.63. The molecule has 0 bridgehead atoms. The number of carboxylic acids is 1. The molecule has 1 heterocycles. The minimum absolute atomic E-state index is 0.183. The number of aliphatic carboxylic acids is 1. The summed E-state index contributed by atoms with van der Waals surface area (Å²) in [6.45, 7) is 1.78. The summed E-state index contributed by atoms with van der Waals surface area (Å²) in [6.07, 6.45) is 0. The number of para-hydroxylation sites is 1. The molecule has 1 aliphatic rings. The van der Waals surface area contributed by atoms with Crippen LogP contribution in [0.3, 0.4) is 0 Å². The van der Waals surface area contributed by atoms with E-state index >= 15 is 0 Å². The molecule has 0 saturated carbocycles. The number of anilines is 1. The summed E-state index contributed by atoms with van der Waals surface area (Å²) in [4.78, 5) is 35.5. The zero-order valence-corrected chi connectivity index (χ0v) is 10.9. The number of primary amides is 1. The number of urea groups is 1. The average Bonchev–Trinajstić information content (AvgIpc) is 2.76. The van der Waals surface area contributed by atoms with E-state index in [9.17, 15) is 19.5 Å². The summed E-state index contributed by atoms with van der Waals surface area (Å²) in [5, 5.41) is 11.2. The highest BCUT2D eigenvalue weighted by atomic mass is 16.4. The molecule has 1 aliphatic heterocycles. The molecule has 1 aromatic carbocycles. The van der Waals surface area contributed by atoms with Crippen molar-refractivity contribution in [3.8, 4) is 0 Å². The van der Waals surface area contributed by atoms with Crippen LogP contribution in [0.15, 0.2) is 24.3 Å². The Balaban J connectivity index is 2.28. The maximum atomic E-state index is 11.8. The maximum absolute atomic E-state index is 11.8. The molecule has 20 heavy (non-hydrogen) atoms. The van der Waals surface area contributed by atoms with Crippen LogP contribution in [0.4, 0.5) is 10.5 Å². The summed E-state index contributed by atoms with van der Waals surface area (Å²) in [5.74, 6) is -2.18. The Hall–Kier alpha value is -2.57. The van der Waals surface area contributed by atoms with Crippen LogP contribution >= 0.6 is 0 Å². The van der Waals surface area contributed by atoms with E-state index in [1.165, 1.54) is 0 Å². The lowest BCUT2D eigenvalue weighted by Gasteiger charge is -2.26. The van der Waals surface area contributed by atoms with Gasteiger partial charge >= 0.3 is 12.0 Å². The van der Waals surface area contributed by atoms with Crippen molar-refractivity contribution in [1.82, 2.24) is 5.32 Å². The van der Waals surface area contributed by atoms with Gasteiger partial charge < -0.3 is 15.7 Å². The van der Waals surface area contributed by atoms with Crippen molar-refractivity contribution in [2.45, 2.75) is 18.9 Å². The Morgan fingerprint density at radius 3 is 2.65 bits per heavy atom. The number of imide groups is 1. The molecule has 0 fully saturated rings. The number of fused-ring (bicyclic) bond motifs is 1. The van der Waals surface area contributed by atoms with Crippen LogP contribution in [0.5, 0.6) is 0 Å². The van der Waals surface area contributed by atoms with Crippen LogP contribution in [-0.4, -0.2) is 35.6 Å². The molecule has 2 rings (SSSR count). The Morgan fingerprint density at radius 1 is 1.40 bits per heavy atom. The van der Waals surface area contributed by atoms with E-state index in [1.54, 1.807) is 36.1 Å². The van der Waals surface area contributed by atoms with Crippen LogP contribution in [0.25, 0.3) is 0 Å². The average molecular weight is 277 g/mol. The standard InChI is InChI=1S/C13H15N3O4/c1-7(11(17)15-13(14)20)16-6-9(12(18)19)8-4-2-3-5-10(8)16/h2-5,7,9H,6H2,1H3,(H,18,19)(H3,14,15,17,20). The molecule has 2 unspecified atom stereocenters. The first-order valence-corrected chi connectivity index (χ1v) is 6.10. The fourth-order valence-corrected chi connectivity index (χ4v) is 2.38. The summed E-state index contributed by atoms with van der Waals surface area (Å²) in [6, 6.07) is 5.40. The van der Waals surface area contributed by atoms with E-state index in [0.29, 0.717) is 11.3 Å². The van der Waals surface area contributed by atoms with Gasteiger partial charge in [0, 0.05) is 12.2 Å². The molecule has 1 aromatic rings. The van der Waals surface area contributed by atoms with E-state index in [1.807, 2.05) is 5.32 Å². The number of hydrogen-bond acceptors (Lipinski definition) is 4. The normalized spacial score (nSPS) is 18.2. The fourth-order valence-electron chi connectivity index (χ4n) is 2.38. The lowest BCUT2D eigenvalue weighted by atomic mass is 10.0. The monoisotopic (exact) mass is 277 g/mol. The molecule has 106 valence electrons. The third kappa shape index (κ3) is 2.42. The number of nitrogens with zero attached hydrogens (tertiary/aromatic N) is 1. The summed E-state index contributed by atoms with van der Waals surface area (Å²) < 4.78 is 0. The number of nitrogens with one attached hydrogen (secondary N) is 1. The molecule has 0 aromatic heterocycles. The Bertz CT molecular complexity index is 572. The van der Waals surface area contributed by atoms with Gasteiger partial charge in [0.25, 0.3) is 0 Å². The molecule has 4 N–H and O–H groups in total. The molecule has 7 heteroatoms. The van der Waals surface area contributed by atoms with Gasteiger partial charge in [-0.2, -0.15) is 0 Å². The molecular weight excluding hydrogens is 262 g/mol. The van der Waals surface area contributed by atoms with Gasteiger partial charge in [-0.1, -0.05) is 18.2 Å². The highest BCUT2D eigenvalue weighted by molar-refractivity contribution is 5.98. The molecule has 3 amide bonds. The molecule has 0 radical (unpaired) electrons. The van der Waals surface area contributed by atoms with Gasteiger partial charge in [0.2, 0.25) is 5.91 Å². The zero-order valence-electron chi connectivity index (χ0n) is 10.9. The lowest BCUT2D eigenvalue weighted by Crippen LogP contribution is -2.48. The number of benzene rings is 1. The van der Waals surface area contributed by atoms with E-state index in [0.717, 1.165) is 0 Å². The SMILES string of the molecule is CC(C(=O)NC(N)=O)N1CC(C(=O)O)c2ccccc21. The zero-order chi connectivity index (χ0) is 14.9. The summed E-state index contributed by atoms with van der Waals surface area (Å²) >= 11 is 0. The van der Waals surface area contributed by atoms with Gasteiger partial charge in [-0.05, 0) is 18.6 Å². The van der Waals surface area contributed by atoms with Gasteiger partial charge in [-0.15, -0.1) is 0 Å². The molecule has 0 spiro atoms. The van der Waals surface area contributed by atoms with E-state index in [2.05, 4.69) is 0 Å². The number of nitrogens with two attached hydrogens (primary N) is 1. The minimum atomic E-state index is -0.942. The molecular formula is C13H15N3O4. The smallest absolute Gasteiger partial charge is 0.318 e. The summed E-state index contributed by atoms with van der Waals surface area (Å²) in [5.41, 5.74) is 6.27. The van der Waals surface area contributed by atoms with Crippen molar-refractivity contribution in [3.05, 3.63) is 29.8 Å². The number of amides is 3. The van der Waals surface area contributed by atoms with Crippen LogP contribution in [0, 0.1) is 0 Å². The van der Waals surface area contributed by atoms with Crippen LogP contribution in [0.2, 0.25) is 0 Å². The molecule has 2 atom stereocenters. The largest absolute Gasteiger partial charge is 0.481 e. The number of carbonyl (C=O) groups is 3. The number of rotatable bonds is 3. The third-order valence-electron chi connectivity index (χ3n) is 3.39. The number of carbonyl (C=O) groups excluding carboxylic acids is 2. The maximum Gasteiger partial charge on any atom is 0.318 e. The molecule has 0 aliphatic carbocycles. The first kappa shape index (κ1) is 13.9. The van der Waals surface area contributed by atoms with Crippen molar-refractivity contribution < 1.29 is 19.5 Å². The Kier molecular flexibility index (Phi) is 3.60. The van der Waals surface area contributed by atoms with Crippen LogP contribution in [0.1, 0.15) is 18.4 Å². The second-order valence-corrected chi connectivity index (χ2v) is 4.63. The van der Waals surface area contributed by atoms with Gasteiger partial charge in [0.15, 0.2) is 0 Å². The van der Waals surface area contributed by atoms with Crippen molar-refractivity contribution in [1.29, 1.82) is 0 Å². The van der Waals surface area contributed by atoms with Gasteiger partial charge in [-0.25, -0.2) is 4.79 Å². The van der Waals surface area contributed by atoms with Gasteiger partial charge in [0.1, 0.15) is 12.0 Å². The van der Waals surface area contributed by atoms with E-state index in [4.69, 9.17) is 5.73 Å². The van der Waals surface area contributed by atoms with Crippen LogP contribution in [-0.2, 0) is 9.59 Å². The first-order chi connectivity index (χ1) is 9.41. The van der Waals surface area contributed by atoms with Crippen molar-refractivity contribution >= 4 is 23.6 Å².